The number of aliphatic hydroxyl groups excluding tert-OH is 1. The topological polar surface area (TPSA) is 90.2 Å². The van der Waals surface area contributed by atoms with Crippen molar-refractivity contribution in [3.8, 4) is 6.07 Å². The number of nitrogens with zero attached hydrogens (tertiary/aromatic N) is 1. The van der Waals surface area contributed by atoms with Crippen molar-refractivity contribution in [2.45, 2.75) is 12.7 Å². The smallest absolute Gasteiger partial charge is 0.215 e. The normalized spacial score (nSPS) is 12.9. The van der Waals surface area contributed by atoms with Gasteiger partial charge in [-0.3, -0.25) is 0 Å². The highest BCUT2D eigenvalue weighted by Crippen LogP contribution is 2.13. The van der Waals surface area contributed by atoms with Crippen molar-refractivity contribution in [2.24, 2.45) is 5.92 Å². The van der Waals surface area contributed by atoms with E-state index in [1.807, 2.05) is 6.07 Å². The number of benzene rings is 1. The molecule has 2 N–H and O–H groups in total. The highest BCUT2D eigenvalue weighted by atomic mass is 32.2. The van der Waals surface area contributed by atoms with Gasteiger partial charge in [-0.05, 0) is 24.1 Å². The van der Waals surface area contributed by atoms with Gasteiger partial charge in [-0.2, -0.15) is 5.26 Å². The fourth-order valence-electron chi connectivity index (χ4n) is 1.34. The third-order valence-electron chi connectivity index (χ3n) is 2.48. The Labute approximate surface area is 111 Å². The highest BCUT2D eigenvalue weighted by molar-refractivity contribution is 7.88. The molecule has 0 heterocycles. The van der Waals surface area contributed by atoms with E-state index in [9.17, 15) is 12.8 Å². The first kappa shape index (κ1) is 15.6. The molecule has 0 saturated carbocycles. The van der Waals surface area contributed by atoms with E-state index in [0.29, 0.717) is 0 Å². The minimum Gasteiger partial charge on any atom is -0.396 e. The third-order valence-corrected chi connectivity index (χ3v) is 3.78. The lowest BCUT2D eigenvalue weighted by molar-refractivity contribution is 0.238. The van der Waals surface area contributed by atoms with Gasteiger partial charge < -0.3 is 5.11 Å². The van der Waals surface area contributed by atoms with Crippen molar-refractivity contribution >= 4 is 10.0 Å². The SMILES string of the molecule is CC(CO)CNS(=O)(=O)Cc1cc(C#N)ccc1F. The quantitative estimate of drug-likeness (QED) is 0.807. The van der Waals surface area contributed by atoms with Crippen molar-refractivity contribution < 1.29 is 17.9 Å². The number of hydrogen-bond acceptors (Lipinski definition) is 4. The van der Waals surface area contributed by atoms with E-state index in [1.54, 1.807) is 6.92 Å². The number of rotatable bonds is 6. The summed E-state index contributed by atoms with van der Waals surface area (Å²) in [6, 6.07) is 5.39. The Hall–Kier alpha value is -1.49. The Morgan fingerprint density at radius 1 is 1.53 bits per heavy atom. The van der Waals surface area contributed by atoms with Crippen LogP contribution >= 0.6 is 0 Å². The predicted octanol–water partition coefficient (Wildman–Crippen LogP) is 0.745. The van der Waals surface area contributed by atoms with Gasteiger partial charge in [-0.25, -0.2) is 17.5 Å². The molecule has 0 radical (unpaired) electrons. The average Bonchev–Trinajstić information content (AvgIpc) is 2.38. The minimum absolute atomic E-state index is 0.0526. The standard InChI is InChI=1S/C12H15FN2O3S/c1-9(7-16)6-15-19(17,18)8-11-4-10(5-14)2-3-12(11)13/h2-4,9,15-16H,6-8H2,1H3. The first-order chi connectivity index (χ1) is 8.88. The van der Waals surface area contributed by atoms with Crippen molar-refractivity contribution in [2.75, 3.05) is 13.2 Å². The van der Waals surface area contributed by atoms with E-state index < -0.39 is 21.6 Å². The number of sulfonamides is 1. The number of halogens is 1. The molecule has 0 aliphatic heterocycles. The molecular weight excluding hydrogens is 271 g/mol. The molecule has 1 atom stereocenters. The maximum absolute atomic E-state index is 13.5. The summed E-state index contributed by atoms with van der Waals surface area (Å²) in [6.07, 6.45) is 0. The van der Waals surface area contributed by atoms with E-state index >= 15 is 0 Å². The van der Waals surface area contributed by atoms with Crippen LogP contribution < -0.4 is 4.72 Å². The van der Waals surface area contributed by atoms with Crippen molar-refractivity contribution in [1.82, 2.24) is 4.72 Å². The molecule has 0 amide bonds. The molecule has 0 fully saturated rings. The summed E-state index contributed by atoms with van der Waals surface area (Å²) in [7, 11) is -3.70. The molecular formula is C12H15FN2O3S. The second-order valence-corrected chi connectivity index (χ2v) is 6.12. The summed E-state index contributed by atoms with van der Waals surface area (Å²) >= 11 is 0. The van der Waals surface area contributed by atoms with Crippen LogP contribution in [-0.2, 0) is 15.8 Å². The van der Waals surface area contributed by atoms with Gasteiger partial charge in [-0.15, -0.1) is 0 Å². The Morgan fingerprint density at radius 3 is 2.79 bits per heavy atom. The molecule has 1 aromatic carbocycles. The highest BCUT2D eigenvalue weighted by Gasteiger charge is 2.16. The van der Waals surface area contributed by atoms with Gasteiger partial charge in [0, 0.05) is 18.7 Å². The van der Waals surface area contributed by atoms with Gasteiger partial charge in [-0.1, -0.05) is 6.92 Å². The lowest BCUT2D eigenvalue weighted by Crippen LogP contribution is -2.30. The second kappa shape index (κ2) is 6.61. The van der Waals surface area contributed by atoms with Gasteiger partial charge in [0.1, 0.15) is 5.82 Å². The van der Waals surface area contributed by atoms with Crippen LogP contribution in [0.5, 0.6) is 0 Å². The van der Waals surface area contributed by atoms with Gasteiger partial charge in [0.05, 0.1) is 17.4 Å². The lowest BCUT2D eigenvalue weighted by atomic mass is 10.1. The third kappa shape index (κ3) is 4.95. The summed E-state index contributed by atoms with van der Waals surface area (Å²) in [6.45, 7) is 1.62. The maximum Gasteiger partial charge on any atom is 0.215 e. The van der Waals surface area contributed by atoms with Crippen LogP contribution in [-0.4, -0.2) is 26.7 Å². The first-order valence-electron chi connectivity index (χ1n) is 5.64. The molecule has 1 unspecified atom stereocenters. The largest absolute Gasteiger partial charge is 0.396 e. The fourth-order valence-corrected chi connectivity index (χ4v) is 2.62. The molecule has 19 heavy (non-hydrogen) atoms. The van der Waals surface area contributed by atoms with Gasteiger partial charge >= 0.3 is 0 Å². The fraction of sp³-hybridized carbons (Fsp3) is 0.417. The molecule has 0 aromatic heterocycles. The van der Waals surface area contributed by atoms with Crippen LogP contribution in [0.4, 0.5) is 4.39 Å². The zero-order chi connectivity index (χ0) is 14.5. The maximum atomic E-state index is 13.5. The second-order valence-electron chi connectivity index (χ2n) is 4.31. The Bertz CT molecular complexity index is 581. The molecule has 7 heteroatoms. The van der Waals surface area contributed by atoms with Gasteiger partial charge in [0.25, 0.3) is 0 Å². The monoisotopic (exact) mass is 286 g/mol. The molecule has 0 bridgehead atoms. The molecule has 1 aromatic rings. The number of hydrogen-bond donors (Lipinski definition) is 2. The summed E-state index contributed by atoms with van der Waals surface area (Å²) in [5.41, 5.74) is 0.151. The molecule has 0 aliphatic rings. The minimum atomic E-state index is -3.70. The van der Waals surface area contributed by atoms with Crippen LogP contribution in [0, 0.1) is 23.1 Å². The van der Waals surface area contributed by atoms with Crippen molar-refractivity contribution in [1.29, 1.82) is 5.26 Å². The van der Waals surface area contributed by atoms with Crippen LogP contribution in [0.25, 0.3) is 0 Å². The Morgan fingerprint density at radius 2 is 2.21 bits per heavy atom. The molecule has 5 nitrogen and oxygen atoms in total. The Kier molecular flexibility index (Phi) is 5.42. The van der Waals surface area contributed by atoms with Gasteiger partial charge in [0.15, 0.2) is 0 Å². The van der Waals surface area contributed by atoms with Crippen LogP contribution in [0.2, 0.25) is 0 Å². The van der Waals surface area contributed by atoms with E-state index in [-0.39, 0.29) is 30.2 Å². The molecule has 0 spiro atoms. The van der Waals surface area contributed by atoms with E-state index in [1.165, 1.54) is 12.1 Å². The zero-order valence-corrected chi connectivity index (χ0v) is 11.2. The predicted molar refractivity (Wildman–Crippen MR) is 68.0 cm³/mol. The van der Waals surface area contributed by atoms with Crippen LogP contribution in [0.1, 0.15) is 18.1 Å². The molecule has 0 saturated heterocycles. The molecule has 1 rings (SSSR count). The summed E-state index contributed by atoms with van der Waals surface area (Å²) in [5, 5.41) is 17.5. The van der Waals surface area contributed by atoms with E-state index in [2.05, 4.69) is 4.72 Å². The number of nitriles is 1. The number of aliphatic hydroxyl groups is 1. The van der Waals surface area contributed by atoms with Crippen LogP contribution in [0.15, 0.2) is 18.2 Å². The molecule has 104 valence electrons. The summed E-state index contributed by atoms with van der Waals surface area (Å²) in [4.78, 5) is 0. The zero-order valence-electron chi connectivity index (χ0n) is 10.4. The summed E-state index contributed by atoms with van der Waals surface area (Å²) < 4.78 is 39.2. The Balaban J connectivity index is 2.81. The van der Waals surface area contributed by atoms with Crippen molar-refractivity contribution in [3.63, 3.8) is 0 Å². The molecule has 0 aliphatic carbocycles. The first-order valence-corrected chi connectivity index (χ1v) is 7.30. The average molecular weight is 286 g/mol. The summed E-state index contributed by atoms with van der Waals surface area (Å²) in [5.74, 6) is -1.42. The van der Waals surface area contributed by atoms with Crippen LogP contribution in [0.3, 0.4) is 0 Å². The number of nitrogens with one attached hydrogen (secondary N) is 1. The lowest BCUT2D eigenvalue weighted by Gasteiger charge is -2.11. The van der Waals surface area contributed by atoms with E-state index in [0.717, 1.165) is 6.07 Å². The van der Waals surface area contributed by atoms with Crippen molar-refractivity contribution in [3.05, 3.63) is 35.1 Å². The van der Waals surface area contributed by atoms with Gasteiger partial charge in [0.2, 0.25) is 10.0 Å². The van der Waals surface area contributed by atoms with E-state index in [4.69, 9.17) is 10.4 Å².